The van der Waals surface area contributed by atoms with Crippen molar-refractivity contribution >= 4 is 32.9 Å². The zero-order chi connectivity index (χ0) is 21.2. The molecule has 0 aliphatic heterocycles. The van der Waals surface area contributed by atoms with Gasteiger partial charge in [-0.1, -0.05) is 106 Å². The van der Waals surface area contributed by atoms with Crippen molar-refractivity contribution in [3.05, 3.63) is 66.2 Å². The molecule has 0 atom stereocenters. The van der Waals surface area contributed by atoms with Gasteiger partial charge in [0.25, 0.3) is 0 Å². The van der Waals surface area contributed by atoms with Crippen LogP contribution >= 0.6 is 21.6 Å². The number of allylic oxidation sites excluding steroid dienone is 1. The molecule has 0 aromatic heterocycles. The highest BCUT2D eigenvalue weighted by molar-refractivity contribution is 8.76. The van der Waals surface area contributed by atoms with Crippen LogP contribution in [0.25, 0.3) is 5.57 Å². The minimum atomic E-state index is 0.189. The van der Waals surface area contributed by atoms with Crippen LogP contribution in [-0.4, -0.2) is 5.78 Å². The molecule has 27 heavy (non-hydrogen) atoms. The Bertz CT molecular complexity index is 628. The van der Waals surface area contributed by atoms with Crippen LogP contribution in [0.1, 0.15) is 77.7 Å². The molecule has 0 heterocycles. The van der Waals surface area contributed by atoms with Gasteiger partial charge in [0.1, 0.15) is 0 Å². The van der Waals surface area contributed by atoms with E-state index in [9.17, 15) is 4.79 Å². The van der Waals surface area contributed by atoms with Crippen LogP contribution < -0.4 is 0 Å². The standard InChI is InChI=1S/C18H18OS2.3C2H6/c1-4-18(19)15-7-11-17(12-8-15)21-20-16-9-5-14(6-10-16)13(2)3;3*1-2/h5-12H,2,4H2,1,3H3;3*1-2H3. The molecule has 2 aromatic carbocycles. The van der Waals surface area contributed by atoms with Gasteiger partial charge in [0.2, 0.25) is 0 Å². The molecule has 0 aliphatic carbocycles. The third-order valence-electron chi connectivity index (χ3n) is 3.08. The van der Waals surface area contributed by atoms with Crippen LogP contribution in [0.4, 0.5) is 0 Å². The number of carbonyl (C=O) groups is 1. The van der Waals surface area contributed by atoms with Crippen molar-refractivity contribution in [2.24, 2.45) is 0 Å². The van der Waals surface area contributed by atoms with Crippen molar-refractivity contribution in [2.45, 2.75) is 71.6 Å². The van der Waals surface area contributed by atoms with Gasteiger partial charge in [-0.05, 0) is 36.8 Å². The van der Waals surface area contributed by atoms with Gasteiger partial charge < -0.3 is 0 Å². The van der Waals surface area contributed by atoms with Gasteiger partial charge in [-0.2, -0.15) is 0 Å². The summed E-state index contributed by atoms with van der Waals surface area (Å²) in [5.74, 6) is 0.189. The number of benzene rings is 2. The number of hydrogen-bond donors (Lipinski definition) is 0. The number of hydrogen-bond acceptors (Lipinski definition) is 3. The van der Waals surface area contributed by atoms with Crippen LogP contribution in [0.5, 0.6) is 0 Å². The molecule has 0 fully saturated rings. The monoisotopic (exact) mass is 404 g/mol. The first kappa shape index (κ1) is 27.8. The van der Waals surface area contributed by atoms with E-state index in [0.717, 1.165) is 16.0 Å². The van der Waals surface area contributed by atoms with E-state index in [1.165, 1.54) is 10.5 Å². The third-order valence-corrected chi connectivity index (χ3v) is 5.50. The fourth-order valence-electron chi connectivity index (χ4n) is 1.79. The Balaban J connectivity index is 0. The zero-order valence-electron chi connectivity index (χ0n) is 18.3. The summed E-state index contributed by atoms with van der Waals surface area (Å²) < 4.78 is 0. The average molecular weight is 405 g/mol. The summed E-state index contributed by atoms with van der Waals surface area (Å²) in [5.41, 5.74) is 3.04. The second kappa shape index (κ2) is 17.9. The largest absolute Gasteiger partial charge is 0.294 e. The van der Waals surface area contributed by atoms with Gasteiger partial charge in [0.05, 0.1) is 0 Å². The van der Waals surface area contributed by atoms with Crippen molar-refractivity contribution in [3.8, 4) is 0 Å². The second-order valence-electron chi connectivity index (χ2n) is 4.77. The van der Waals surface area contributed by atoms with Crippen LogP contribution in [0.3, 0.4) is 0 Å². The summed E-state index contributed by atoms with van der Waals surface area (Å²) in [6, 6.07) is 16.2. The summed E-state index contributed by atoms with van der Waals surface area (Å²) in [5, 5.41) is 0. The molecule has 0 N–H and O–H groups in total. The molecule has 0 saturated heterocycles. The summed E-state index contributed by atoms with van der Waals surface area (Å²) in [4.78, 5) is 13.9. The predicted octanol–water partition coefficient (Wildman–Crippen LogP) is 9.19. The molecule has 0 radical (unpaired) electrons. The quantitative estimate of drug-likeness (QED) is 0.353. The highest BCUT2D eigenvalue weighted by atomic mass is 33.1. The summed E-state index contributed by atoms with van der Waals surface area (Å²) in [6.45, 7) is 19.8. The zero-order valence-corrected chi connectivity index (χ0v) is 19.9. The maximum absolute atomic E-state index is 11.6. The van der Waals surface area contributed by atoms with Gasteiger partial charge in [0, 0.05) is 21.8 Å². The molecule has 0 amide bonds. The number of carbonyl (C=O) groups excluding carboxylic acids is 1. The fraction of sp³-hybridized carbons (Fsp3) is 0.375. The molecule has 1 nitrogen and oxygen atoms in total. The molecule has 2 aromatic rings. The summed E-state index contributed by atoms with van der Waals surface area (Å²) >= 11 is 0. The Hall–Kier alpha value is -1.45. The molecule has 3 heteroatoms. The van der Waals surface area contributed by atoms with Crippen molar-refractivity contribution < 1.29 is 4.79 Å². The van der Waals surface area contributed by atoms with Gasteiger partial charge >= 0.3 is 0 Å². The van der Waals surface area contributed by atoms with E-state index < -0.39 is 0 Å². The molecule has 0 saturated carbocycles. The average Bonchev–Trinajstić information content (AvgIpc) is 2.76. The highest BCUT2D eigenvalue weighted by Gasteiger charge is 2.03. The Kier molecular flexibility index (Phi) is 18.4. The Labute approximate surface area is 175 Å². The topological polar surface area (TPSA) is 17.1 Å². The van der Waals surface area contributed by atoms with Crippen molar-refractivity contribution in [1.29, 1.82) is 0 Å². The normalized spacial score (nSPS) is 8.74. The lowest BCUT2D eigenvalue weighted by Crippen LogP contribution is -1.94. The number of rotatable bonds is 6. The summed E-state index contributed by atoms with van der Waals surface area (Å²) in [6.07, 6.45) is 0.552. The SMILES string of the molecule is C=C(C)c1ccc(SSc2ccc(C(=O)CC)cc2)cc1.CC.CC.CC. The lowest BCUT2D eigenvalue weighted by atomic mass is 10.1. The fourth-order valence-corrected chi connectivity index (χ4v) is 3.72. The van der Waals surface area contributed by atoms with Crippen LogP contribution in [0, 0.1) is 0 Å². The molecule has 0 unspecified atom stereocenters. The predicted molar refractivity (Wildman–Crippen MR) is 128 cm³/mol. The Morgan fingerprint density at radius 1 is 0.741 bits per heavy atom. The van der Waals surface area contributed by atoms with E-state index in [2.05, 4.69) is 30.8 Å². The maximum atomic E-state index is 11.6. The minimum absolute atomic E-state index is 0.189. The molecule has 0 spiro atoms. The van der Waals surface area contributed by atoms with Crippen molar-refractivity contribution in [1.82, 2.24) is 0 Å². The lowest BCUT2D eigenvalue weighted by molar-refractivity contribution is 0.0988. The molecule has 2 rings (SSSR count). The van der Waals surface area contributed by atoms with Crippen LogP contribution in [0.2, 0.25) is 0 Å². The van der Waals surface area contributed by atoms with Crippen LogP contribution in [0.15, 0.2) is 64.9 Å². The van der Waals surface area contributed by atoms with E-state index >= 15 is 0 Å². The van der Waals surface area contributed by atoms with Crippen molar-refractivity contribution in [3.63, 3.8) is 0 Å². The van der Waals surface area contributed by atoms with Crippen LogP contribution in [-0.2, 0) is 0 Å². The number of Topliss-reactive ketones (excluding diaryl/α,β-unsaturated/α-hetero) is 1. The lowest BCUT2D eigenvalue weighted by Gasteiger charge is -2.04. The molecular weight excluding hydrogens is 368 g/mol. The molecule has 0 aliphatic rings. The first-order valence-electron chi connectivity index (χ1n) is 9.84. The van der Waals surface area contributed by atoms with E-state index in [4.69, 9.17) is 0 Å². The van der Waals surface area contributed by atoms with Crippen molar-refractivity contribution in [2.75, 3.05) is 0 Å². The maximum Gasteiger partial charge on any atom is 0.162 e. The van der Waals surface area contributed by atoms with E-state index in [0.29, 0.717) is 6.42 Å². The van der Waals surface area contributed by atoms with Gasteiger partial charge in [0.15, 0.2) is 5.78 Å². The molecule has 0 bridgehead atoms. The first-order chi connectivity index (χ1) is 13.1. The summed E-state index contributed by atoms with van der Waals surface area (Å²) in [7, 11) is 3.41. The van der Waals surface area contributed by atoms with Gasteiger partial charge in [-0.3, -0.25) is 4.79 Å². The van der Waals surface area contributed by atoms with E-state index in [1.807, 2.05) is 79.7 Å². The minimum Gasteiger partial charge on any atom is -0.294 e. The highest BCUT2D eigenvalue weighted by Crippen LogP contribution is 2.37. The Morgan fingerprint density at radius 2 is 1.07 bits per heavy atom. The third kappa shape index (κ3) is 11.1. The van der Waals surface area contributed by atoms with Gasteiger partial charge in [-0.25, -0.2) is 0 Å². The number of ketones is 1. The molecular formula is C24H36OS2. The van der Waals surface area contributed by atoms with E-state index in [1.54, 1.807) is 21.6 Å². The first-order valence-corrected chi connectivity index (χ1v) is 12.0. The van der Waals surface area contributed by atoms with Gasteiger partial charge in [-0.15, -0.1) is 0 Å². The van der Waals surface area contributed by atoms with E-state index in [-0.39, 0.29) is 5.78 Å². The second-order valence-corrected chi connectivity index (χ2v) is 7.05. The Morgan fingerprint density at radius 3 is 1.37 bits per heavy atom. The molecule has 150 valence electrons. The smallest absolute Gasteiger partial charge is 0.162 e.